The van der Waals surface area contributed by atoms with Crippen LogP contribution in [-0.2, 0) is 24.3 Å². The molecule has 2 bridgehead atoms. The number of aryl methyl sites for hydroxylation is 1. The Kier molecular flexibility index (Phi) is 4.50. The summed E-state index contributed by atoms with van der Waals surface area (Å²) in [6.07, 6.45) is 5.84. The molecule has 1 aromatic carbocycles. The molecular weight excluding hydrogens is 348 g/mol. The van der Waals surface area contributed by atoms with Crippen LogP contribution in [0, 0.1) is 12.8 Å². The smallest absolute Gasteiger partial charge is 0.221 e. The van der Waals surface area contributed by atoms with Crippen molar-refractivity contribution in [3.8, 4) is 0 Å². The van der Waals surface area contributed by atoms with Crippen LogP contribution >= 0.6 is 0 Å². The number of benzene rings is 1. The second-order valence-corrected chi connectivity index (χ2v) is 8.84. The Morgan fingerprint density at radius 3 is 2.79 bits per heavy atom. The van der Waals surface area contributed by atoms with Gasteiger partial charge in [0, 0.05) is 39.0 Å². The van der Waals surface area contributed by atoms with Crippen LogP contribution in [0.15, 0.2) is 30.3 Å². The number of hydrogen-bond acceptors (Lipinski definition) is 3. The number of likely N-dealkylation sites (tertiary alicyclic amines) is 1. The zero-order valence-electron chi connectivity index (χ0n) is 17.0. The first-order chi connectivity index (χ1) is 13.6. The van der Waals surface area contributed by atoms with Crippen molar-refractivity contribution in [2.75, 3.05) is 6.54 Å². The largest absolute Gasteiger partial charge is 0.319 e. The number of rotatable bonds is 3. The number of carbonyl (C=O) groups excluding carboxylic acids is 1. The zero-order valence-corrected chi connectivity index (χ0v) is 17.0. The third kappa shape index (κ3) is 3.06. The molecule has 3 atom stereocenters. The lowest BCUT2D eigenvalue weighted by Crippen LogP contribution is -2.47. The molecule has 3 unspecified atom stereocenters. The predicted octanol–water partition coefficient (Wildman–Crippen LogP) is 3.67. The van der Waals surface area contributed by atoms with Crippen molar-refractivity contribution in [3.05, 3.63) is 53.1 Å². The van der Waals surface area contributed by atoms with E-state index < -0.39 is 0 Å². The predicted molar refractivity (Wildman–Crippen MR) is 109 cm³/mol. The van der Waals surface area contributed by atoms with E-state index in [-0.39, 0.29) is 12.1 Å². The van der Waals surface area contributed by atoms with E-state index in [1.165, 1.54) is 29.8 Å². The highest BCUT2D eigenvalue weighted by Gasteiger charge is 2.43. The number of imidazole rings is 1. The van der Waals surface area contributed by atoms with Crippen LogP contribution in [0.4, 0.5) is 0 Å². The highest BCUT2D eigenvalue weighted by Crippen LogP contribution is 2.45. The van der Waals surface area contributed by atoms with Gasteiger partial charge in [-0.1, -0.05) is 30.3 Å². The highest BCUT2D eigenvalue weighted by atomic mass is 16.2. The van der Waals surface area contributed by atoms with Crippen LogP contribution in [0.5, 0.6) is 0 Å². The molecule has 2 aromatic rings. The van der Waals surface area contributed by atoms with Crippen molar-refractivity contribution in [2.24, 2.45) is 5.92 Å². The first-order valence-electron chi connectivity index (χ1n) is 10.7. The van der Waals surface area contributed by atoms with Gasteiger partial charge >= 0.3 is 0 Å². The molecule has 2 aliphatic heterocycles. The molecule has 148 valence electrons. The molecule has 0 spiro atoms. The summed E-state index contributed by atoms with van der Waals surface area (Å²) in [5.41, 5.74) is 3.93. The molecule has 5 rings (SSSR count). The lowest BCUT2D eigenvalue weighted by Gasteiger charge is -2.42. The van der Waals surface area contributed by atoms with E-state index in [9.17, 15) is 4.79 Å². The van der Waals surface area contributed by atoms with Crippen molar-refractivity contribution in [1.29, 1.82) is 0 Å². The highest BCUT2D eigenvalue weighted by molar-refractivity contribution is 5.74. The standard InChI is InChI=1S/C23H30N4O/c1-16-24-21-10-11-25(14-18-6-4-3-5-7-18)15-22(21)26(16)23-13-19-8-9-20(12-19)27(23)17(2)28/h3-7,19-20,23H,8-15H2,1-2H3. The van der Waals surface area contributed by atoms with Gasteiger partial charge in [-0.3, -0.25) is 9.69 Å². The van der Waals surface area contributed by atoms with Crippen molar-refractivity contribution < 1.29 is 4.79 Å². The van der Waals surface area contributed by atoms with E-state index in [1.54, 1.807) is 6.92 Å². The van der Waals surface area contributed by atoms with Gasteiger partial charge in [0.1, 0.15) is 12.0 Å². The van der Waals surface area contributed by atoms with Gasteiger partial charge in [0.05, 0.1) is 11.4 Å². The average Bonchev–Trinajstić information content (AvgIpc) is 3.21. The Hall–Kier alpha value is -2.14. The number of hydrogen-bond donors (Lipinski definition) is 0. The Bertz CT molecular complexity index is 874. The first kappa shape index (κ1) is 17.9. The van der Waals surface area contributed by atoms with E-state index in [0.29, 0.717) is 6.04 Å². The molecule has 3 heterocycles. The van der Waals surface area contributed by atoms with Gasteiger partial charge in [-0.2, -0.15) is 0 Å². The van der Waals surface area contributed by atoms with Crippen molar-refractivity contribution in [2.45, 2.75) is 71.2 Å². The number of nitrogens with zero attached hydrogens (tertiary/aromatic N) is 4. The maximum absolute atomic E-state index is 12.6. The topological polar surface area (TPSA) is 41.4 Å². The molecule has 0 N–H and O–H groups in total. The van der Waals surface area contributed by atoms with Crippen LogP contribution in [-0.4, -0.2) is 37.8 Å². The van der Waals surface area contributed by atoms with Gasteiger partial charge in [0.25, 0.3) is 0 Å². The van der Waals surface area contributed by atoms with Crippen molar-refractivity contribution in [1.82, 2.24) is 19.4 Å². The Labute approximate surface area is 167 Å². The number of carbonyl (C=O) groups is 1. The van der Waals surface area contributed by atoms with Crippen LogP contribution in [0.1, 0.15) is 61.5 Å². The maximum Gasteiger partial charge on any atom is 0.221 e. The summed E-state index contributed by atoms with van der Waals surface area (Å²) >= 11 is 0. The lowest BCUT2D eigenvalue weighted by atomic mass is 9.95. The fourth-order valence-electron chi connectivity index (χ4n) is 5.81. The Balaban J connectivity index is 1.45. The molecule has 5 nitrogen and oxygen atoms in total. The molecule has 0 radical (unpaired) electrons. The van der Waals surface area contributed by atoms with Gasteiger partial charge in [-0.05, 0) is 44.1 Å². The Morgan fingerprint density at radius 1 is 1.18 bits per heavy atom. The van der Waals surface area contributed by atoms with Crippen LogP contribution < -0.4 is 0 Å². The van der Waals surface area contributed by atoms with Crippen molar-refractivity contribution >= 4 is 5.91 Å². The molecule has 5 heteroatoms. The summed E-state index contributed by atoms with van der Waals surface area (Å²) in [6.45, 7) is 6.80. The van der Waals surface area contributed by atoms with E-state index >= 15 is 0 Å². The average molecular weight is 379 g/mol. The first-order valence-corrected chi connectivity index (χ1v) is 10.7. The van der Waals surface area contributed by atoms with Gasteiger partial charge in [-0.25, -0.2) is 4.98 Å². The molecule has 1 aromatic heterocycles. The fourth-order valence-corrected chi connectivity index (χ4v) is 5.81. The summed E-state index contributed by atoms with van der Waals surface area (Å²) in [5, 5.41) is 0. The molecule has 2 fully saturated rings. The third-order valence-corrected chi connectivity index (χ3v) is 6.99. The molecular formula is C23H30N4O. The molecule has 1 saturated heterocycles. The molecule has 1 aliphatic carbocycles. The molecule has 28 heavy (non-hydrogen) atoms. The number of piperidine rings is 1. The number of fused-ring (bicyclic) bond motifs is 3. The summed E-state index contributed by atoms with van der Waals surface area (Å²) in [6, 6.07) is 11.1. The van der Waals surface area contributed by atoms with Gasteiger partial charge in [0.2, 0.25) is 5.91 Å². The monoisotopic (exact) mass is 378 g/mol. The van der Waals surface area contributed by atoms with Gasteiger partial charge in [-0.15, -0.1) is 0 Å². The van der Waals surface area contributed by atoms with Gasteiger partial charge < -0.3 is 9.47 Å². The minimum Gasteiger partial charge on any atom is -0.319 e. The Morgan fingerprint density at radius 2 is 2.00 bits per heavy atom. The minimum atomic E-state index is 0.150. The van der Waals surface area contributed by atoms with Gasteiger partial charge in [0.15, 0.2) is 0 Å². The number of aromatic nitrogens is 2. The number of amides is 1. The SMILES string of the molecule is CC(=O)N1C2CCC(C2)CC1n1c(C)nc2c1CN(Cc1ccccc1)CC2. The van der Waals surface area contributed by atoms with E-state index in [2.05, 4.69) is 51.6 Å². The van der Waals surface area contributed by atoms with E-state index in [0.717, 1.165) is 50.6 Å². The van der Waals surface area contributed by atoms with E-state index in [1.807, 2.05) is 0 Å². The summed E-state index contributed by atoms with van der Waals surface area (Å²) in [5.74, 6) is 2.05. The van der Waals surface area contributed by atoms with Crippen molar-refractivity contribution in [3.63, 3.8) is 0 Å². The fraction of sp³-hybridized carbons (Fsp3) is 0.565. The maximum atomic E-state index is 12.6. The second-order valence-electron chi connectivity index (χ2n) is 8.84. The summed E-state index contributed by atoms with van der Waals surface area (Å²) < 4.78 is 2.42. The summed E-state index contributed by atoms with van der Waals surface area (Å²) in [4.78, 5) is 22.2. The van der Waals surface area contributed by atoms with Crippen LogP contribution in [0.2, 0.25) is 0 Å². The second kappa shape index (κ2) is 7.03. The third-order valence-electron chi connectivity index (χ3n) is 6.99. The summed E-state index contributed by atoms with van der Waals surface area (Å²) in [7, 11) is 0. The normalized spacial score (nSPS) is 27.1. The molecule has 1 saturated carbocycles. The molecule has 1 amide bonds. The lowest BCUT2D eigenvalue weighted by molar-refractivity contribution is -0.138. The van der Waals surface area contributed by atoms with Crippen LogP contribution in [0.25, 0.3) is 0 Å². The zero-order chi connectivity index (χ0) is 19.3. The van der Waals surface area contributed by atoms with E-state index in [4.69, 9.17) is 4.98 Å². The quantitative estimate of drug-likeness (QED) is 0.818. The molecule has 3 aliphatic rings. The van der Waals surface area contributed by atoms with Crippen LogP contribution in [0.3, 0.4) is 0 Å². The minimum absolute atomic E-state index is 0.150.